The first kappa shape index (κ1) is 27.8. The molecule has 1 aromatic carbocycles. The molecule has 2 unspecified atom stereocenters. The van der Waals surface area contributed by atoms with Crippen molar-refractivity contribution in [3.63, 3.8) is 0 Å². The Labute approximate surface area is 197 Å². The minimum Gasteiger partial charge on any atom is -0.508 e. The Kier molecular flexibility index (Phi) is 9.34. The van der Waals surface area contributed by atoms with Gasteiger partial charge in [0.2, 0.25) is 5.91 Å². The van der Waals surface area contributed by atoms with Crippen molar-refractivity contribution in [1.82, 2.24) is 15.5 Å². The predicted octanol–water partition coefficient (Wildman–Crippen LogP) is 3.71. The molecule has 0 aromatic heterocycles. The summed E-state index contributed by atoms with van der Waals surface area (Å²) < 4.78 is 5.30. The van der Waals surface area contributed by atoms with Crippen molar-refractivity contribution in [3.8, 4) is 18.2 Å². The highest BCUT2D eigenvalue weighted by Crippen LogP contribution is 2.26. The van der Waals surface area contributed by atoms with Crippen LogP contribution in [0.25, 0.3) is 0 Å². The number of hydrogen-bond donors (Lipinski definition) is 3. The van der Waals surface area contributed by atoms with E-state index in [0.29, 0.717) is 5.56 Å². The maximum Gasteiger partial charge on any atom is 0.408 e. The molecule has 0 saturated heterocycles. The Morgan fingerprint density at radius 2 is 1.76 bits per heavy atom. The predicted molar refractivity (Wildman–Crippen MR) is 127 cm³/mol. The molecular formula is C25H37N3O5. The Bertz CT molecular complexity index is 891. The fourth-order valence-corrected chi connectivity index (χ4v) is 3.13. The zero-order chi connectivity index (χ0) is 25.6. The van der Waals surface area contributed by atoms with Crippen molar-refractivity contribution in [2.24, 2.45) is 5.92 Å². The van der Waals surface area contributed by atoms with Gasteiger partial charge in [0.25, 0.3) is 5.91 Å². The van der Waals surface area contributed by atoms with Gasteiger partial charge in [-0.3, -0.25) is 14.5 Å². The second kappa shape index (κ2) is 11.1. The number of alkyl carbamates (subject to hydrolysis) is 1. The number of amides is 3. The average Bonchev–Trinajstić information content (AvgIpc) is 2.61. The number of terminal acetylenes is 1. The van der Waals surface area contributed by atoms with Gasteiger partial charge < -0.3 is 20.5 Å². The molecule has 0 bridgehead atoms. The van der Waals surface area contributed by atoms with E-state index < -0.39 is 41.1 Å². The third kappa shape index (κ3) is 9.44. The molecule has 33 heavy (non-hydrogen) atoms. The summed E-state index contributed by atoms with van der Waals surface area (Å²) in [6.07, 6.45) is 5.25. The Hall–Kier alpha value is -3.21. The van der Waals surface area contributed by atoms with E-state index >= 15 is 0 Å². The quantitative estimate of drug-likeness (QED) is 0.426. The molecule has 0 saturated carbocycles. The average molecular weight is 460 g/mol. The SMILES string of the molecule is C#CN(C(=O)C(CC(C)C)NC(=O)OC(C)(C)C)C(C(=O)NC(C)(C)C)c1cccc(O)c1. The molecular weight excluding hydrogens is 422 g/mol. The van der Waals surface area contributed by atoms with Crippen LogP contribution >= 0.6 is 0 Å². The van der Waals surface area contributed by atoms with Crippen molar-refractivity contribution in [2.45, 2.75) is 85.0 Å². The smallest absolute Gasteiger partial charge is 0.408 e. The first-order valence-electron chi connectivity index (χ1n) is 10.9. The van der Waals surface area contributed by atoms with Crippen LogP contribution in [-0.2, 0) is 14.3 Å². The van der Waals surface area contributed by atoms with Crippen molar-refractivity contribution in [2.75, 3.05) is 0 Å². The van der Waals surface area contributed by atoms with Gasteiger partial charge in [0.1, 0.15) is 23.4 Å². The lowest BCUT2D eigenvalue weighted by Crippen LogP contribution is -2.53. The zero-order valence-corrected chi connectivity index (χ0v) is 20.9. The lowest BCUT2D eigenvalue weighted by molar-refractivity contribution is -0.139. The summed E-state index contributed by atoms with van der Waals surface area (Å²) in [4.78, 5) is 40.1. The second-order valence-corrected chi connectivity index (χ2v) is 10.4. The summed E-state index contributed by atoms with van der Waals surface area (Å²) in [5.74, 6) is -1.18. The van der Waals surface area contributed by atoms with Gasteiger partial charge in [-0.25, -0.2) is 4.79 Å². The van der Waals surface area contributed by atoms with Crippen LogP contribution < -0.4 is 10.6 Å². The molecule has 8 heteroatoms. The number of nitrogens with one attached hydrogen (secondary N) is 2. The maximum absolute atomic E-state index is 13.6. The summed E-state index contributed by atoms with van der Waals surface area (Å²) in [6.45, 7) is 14.4. The highest BCUT2D eigenvalue weighted by molar-refractivity contribution is 5.93. The molecule has 0 aliphatic heterocycles. The molecule has 1 rings (SSSR count). The van der Waals surface area contributed by atoms with Crippen LogP contribution in [0.3, 0.4) is 0 Å². The van der Waals surface area contributed by atoms with E-state index in [-0.39, 0.29) is 18.1 Å². The van der Waals surface area contributed by atoms with Crippen LogP contribution in [0.15, 0.2) is 24.3 Å². The van der Waals surface area contributed by atoms with E-state index in [9.17, 15) is 19.5 Å². The van der Waals surface area contributed by atoms with Crippen molar-refractivity contribution in [3.05, 3.63) is 29.8 Å². The van der Waals surface area contributed by atoms with Gasteiger partial charge in [0, 0.05) is 11.6 Å². The highest BCUT2D eigenvalue weighted by atomic mass is 16.6. The van der Waals surface area contributed by atoms with Gasteiger partial charge in [0.15, 0.2) is 0 Å². The fourth-order valence-electron chi connectivity index (χ4n) is 3.13. The fraction of sp³-hybridized carbons (Fsp3) is 0.560. The monoisotopic (exact) mass is 459 g/mol. The topological polar surface area (TPSA) is 108 Å². The Morgan fingerprint density at radius 1 is 1.15 bits per heavy atom. The lowest BCUT2D eigenvalue weighted by atomic mass is 9.98. The molecule has 0 aliphatic rings. The van der Waals surface area contributed by atoms with Crippen LogP contribution in [0.2, 0.25) is 0 Å². The van der Waals surface area contributed by atoms with Crippen molar-refractivity contribution < 1.29 is 24.2 Å². The molecule has 182 valence electrons. The third-order valence-electron chi connectivity index (χ3n) is 4.26. The molecule has 0 fully saturated rings. The number of hydrogen-bond acceptors (Lipinski definition) is 5. The summed E-state index contributed by atoms with van der Waals surface area (Å²) >= 11 is 0. The minimum atomic E-state index is -1.22. The van der Waals surface area contributed by atoms with E-state index in [2.05, 4.69) is 16.7 Å². The van der Waals surface area contributed by atoms with Gasteiger partial charge in [-0.05, 0) is 71.6 Å². The van der Waals surface area contributed by atoms with Gasteiger partial charge in [-0.1, -0.05) is 32.4 Å². The highest BCUT2D eigenvalue weighted by Gasteiger charge is 2.37. The normalized spacial score (nSPS) is 13.5. The number of aromatic hydroxyl groups is 1. The van der Waals surface area contributed by atoms with E-state index in [1.807, 2.05) is 13.8 Å². The number of phenols is 1. The summed E-state index contributed by atoms with van der Waals surface area (Å²) in [5, 5.41) is 15.4. The molecule has 2 atom stereocenters. The number of phenolic OH excluding ortho intramolecular Hbond substituents is 1. The summed E-state index contributed by atoms with van der Waals surface area (Å²) in [5.41, 5.74) is -1.01. The molecule has 3 amide bonds. The van der Waals surface area contributed by atoms with Crippen LogP contribution in [0.4, 0.5) is 4.79 Å². The van der Waals surface area contributed by atoms with Gasteiger partial charge in [-0.15, -0.1) is 0 Å². The molecule has 0 aliphatic carbocycles. The zero-order valence-electron chi connectivity index (χ0n) is 20.9. The van der Waals surface area contributed by atoms with Crippen LogP contribution in [-0.4, -0.2) is 45.1 Å². The van der Waals surface area contributed by atoms with Crippen molar-refractivity contribution in [1.29, 1.82) is 0 Å². The minimum absolute atomic E-state index is 0.0381. The van der Waals surface area contributed by atoms with Gasteiger partial charge in [0.05, 0.1) is 0 Å². The van der Waals surface area contributed by atoms with Gasteiger partial charge >= 0.3 is 6.09 Å². The number of carbonyl (C=O) groups excluding carboxylic acids is 3. The van der Waals surface area contributed by atoms with Crippen LogP contribution in [0.1, 0.15) is 73.4 Å². The van der Waals surface area contributed by atoms with E-state index in [1.165, 1.54) is 12.1 Å². The van der Waals surface area contributed by atoms with E-state index in [4.69, 9.17) is 11.2 Å². The summed E-state index contributed by atoms with van der Waals surface area (Å²) in [6, 6.07) is 6.07. The standard InChI is InChI=1S/C25H37N3O5/c1-10-28(22(31)19(14-16(2)3)26-23(32)33-25(7,8)9)20(21(30)27-24(4,5)6)17-12-11-13-18(29)15-17/h1,11-13,15-16,19-20,29H,14H2,2-9H3,(H,26,32)(H,27,30). The third-order valence-corrected chi connectivity index (χ3v) is 4.26. The number of nitrogens with zero attached hydrogens (tertiary/aromatic N) is 1. The largest absolute Gasteiger partial charge is 0.508 e. The van der Waals surface area contributed by atoms with Crippen LogP contribution in [0.5, 0.6) is 5.75 Å². The van der Waals surface area contributed by atoms with Crippen molar-refractivity contribution >= 4 is 17.9 Å². The molecule has 1 aromatic rings. The summed E-state index contributed by atoms with van der Waals surface area (Å²) in [7, 11) is 0. The number of benzene rings is 1. The van der Waals surface area contributed by atoms with Gasteiger partial charge in [-0.2, -0.15) is 0 Å². The number of ether oxygens (including phenoxy) is 1. The molecule has 0 heterocycles. The molecule has 0 spiro atoms. The molecule has 3 N–H and O–H groups in total. The van der Waals surface area contributed by atoms with E-state index in [0.717, 1.165) is 4.90 Å². The lowest BCUT2D eigenvalue weighted by Gasteiger charge is -2.32. The number of carbonyl (C=O) groups is 3. The first-order chi connectivity index (χ1) is 15.0. The second-order valence-electron chi connectivity index (χ2n) is 10.4. The van der Waals surface area contributed by atoms with Crippen LogP contribution in [0, 0.1) is 18.4 Å². The number of rotatable bonds is 7. The Balaban J connectivity index is 3.40. The molecule has 0 radical (unpaired) electrons. The Morgan fingerprint density at radius 3 is 2.21 bits per heavy atom. The maximum atomic E-state index is 13.6. The first-order valence-corrected chi connectivity index (χ1v) is 10.9. The molecule has 8 nitrogen and oxygen atoms in total. The van der Waals surface area contributed by atoms with E-state index in [1.54, 1.807) is 53.7 Å².